The molecule has 2 bridgehead atoms. The fraction of sp³-hybridized carbons (Fsp3) is 0.333. The molecular formula is C9H10. The molecule has 0 aromatic rings. The van der Waals surface area contributed by atoms with Crippen molar-refractivity contribution in [3.63, 3.8) is 0 Å². The highest BCUT2D eigenvalue weighted by Crippen LogP contribution is 2.37. The minimum absolute atomic E-state index is 0.699. The SMILES string of the molecule is CC1=C2C=CC(=C2)C1C. The summed E-state index contributed by atoms with van der Waals surface area (Å²) in [7, 11) is 0. The molecule has 2 aliphatic carbocycles. The van der Waals surface area contributed by atoms with E-state index in [1.165, 1.54) is 16.7 Å². The van der Waals surface area contributed by atoms with E-state index in [2.05, 4.69) is 32.1 Å². The molecule has 2 aliphatic rings. The van der Waals surface area contributed by atoms with Gasteiger partial charge in [0.15, 0.2) is 0 Å². The minimum atomic E-state index is 0.699. The lowest BCUT2D eigenvalue weighted by Gasteiger charge is -2.09. The molecule has 46 valence electrons. The normalized spacial score (nSPS) is 30.0. The Morgan fingerprint density at radius 3 is 2.44 bits per heavy atom. The maximum Gasteiger partial charge on any atom is 0.00262 e. The monoisotopic (exact) mass is 118 g/mol. The molecule has 0 nitrogen and oxygen atoms in total. The van der Waals surface area contributed by atoms with Gasteiger partial charge in [0.05, 0.1) is 0 Å². The van der Waals surface area contributed by atoms with Crippen molar-refractivity contribution in [1.29, 1.82) is 0 Å². The van der Waals surface area contributed by atoms with Crippen molar-refractivity contribution in [1.82, 2.24) is 0 Å². The molecule has 0 saturated heterocycles. The van der Waals surface area contributed by atoms with Crippen LogP contribution in [0, 0.1) is 5.92 Å². The molecule has 0 spiro atoms. The Morgan fingerprint density at radius 1 is 1.33 bits per heavy atom. The van der Waals surface area contributed by atoms with Crippen LogP contribution in [0.4, 0.5) is 0 Å². The first kappa shape index (κ1) is 5.04. The molecule has 1 unspecified atom stereocenters. The summed E-state index contributed by atoms with van der Waals surface area (Å²) in [5.74, 6) is 0.699. The molecule has 0 N–H and O–H groups in total. The molecule has 2 rings (SSSR count). The number of fused-ring (bicyclic) bond motifs is 1. The number of rotatable bonds is 0. The minimum Gasteiger partial charge on any atom is -0.0588 e. The van der Waals surface area contributed by atoms with E-state index >= 15 is 0 Å². The Labute approximate surface area is 55.6 Å². The molecule has 0 aliphatic heterocycles. The van der Waals surface area contributed by atoms with Crippen LogP contribution in [0.25, 0.3) is 0 Å². The van der Waals surface area contributed by atoms with E-state index in [0.29, 0.717) is 5.92 Å². The molecule has 0 aromatic heterocycles. The Kier molecular flexibility index (Phi) is 0.774. The van der Waals surface area contributed by atoms with Gasteiger partial charge in [0.1, 0.15) is 0 Å². The second-order valence-corrected chi connectivity index (χ2v) is 2.84. The highest BCUT2D eigenvalue weighted by Gasteiger charge is 2.21. The molecule has 0 fully saturated rings. The van der Waals surface area contributed by atoms with E-state index in [9.17, 15) is 0 Å². The third kappa shape index (κ3) is 0.481. The van der Waals surface area contributed by atoms with Crippen LogP contribution in [-0.4, -0.2) is 0 Å². The highest BCUT2D eigenvalue weighted by atomic mass is 14.3. The van der Waals surface area contributed by atoms with Gasteiger partial charge in [0.25, 0.3) is 0 Å². The number of allylic oxidation sites excluding steroid dienone is 6. The van der Waals surface area contributed by atoms with Gasteiger partial charge in [-0.1, -0.05) is 30.7 Å². The van der Waals surface area contributed by atoms with E-state index in [-0.39, 0.29) is 0 Å². The van der Waals surface area contributed by atoms with Gasteiger partial charge in [-0.05, 0) is 18.1 Å². The summed E-state index contributed by atoms with van der Waals surface area (Å²) < 4.78 is 0. The molecule has 0 aromatic carbocycles. The zero-order chi connectivity index (χ0) is 6.43. The standard InChI is InChI=1S/C9H10/c1-6-7(2)9-4-3-8(6)5-9/h3-6H,1-2H3. The predicted molar refractivity (Wildman–Crippen MR) is 39.1 cm³/mol. The highest BCUT2D eigenvalue weighted by molar-refractivity contribution is 5.57. The third-order valence-corrected chi connectivity index (χ3v) is 2.38. The molecule has 0 heterocycles. The first-order valence-corrected chi connectivity index (χ1v) is 3.39. The lowest BCUT2D eigenvalue weighted by Crippen LogP contribution is -1.96. The lowest BCUT2D eigenvalue weighted by molar-refractivity contribution is 0.834. The van der Waals surface area contributed by atoms with Crippen molar-refractivity contribution < 1.29 is 0 Å². The number of hydrogen-bond donors (Lipinski definition) is 0. The zero-order valence-electron chi connectivity index (χ0n) is 5.81. The maximum absolute atomic E-state index is 2.28. The first-order valence-electron chi connectivity index (χ1n) is 3.39. The zero-order valence-corrected chi connectivity index (χ0v) is 5.81. The molecule has 9 heavy (non-hydrogen) atoms. The third-order valence-electron chi connectivity index (χ3n) is 2.38. The first-order chi connectivity index (χ1) is 4.29. The van der Waals surface area contributed by atoms with Gasteiger partial charge in [-0.2, -0.15) is 0 Å². The van der Waals surface area contributed by atoms with E-state index in [1.54, 1.807) is 0 Å². The van der Waals surface area contributed by atoms with Crippen LogP contribution in [0.5, 0.6) is 0 Å². The largest absolute Gasteiger partial charge is 0.0588 e. The molecule has 0 saturated carbocycles. The van der Waals surface area contributed by atoms with Crippen molar-refractivity contribution in [2.75, 3.05) is 0 Å². The fourth-order valence-corrected chi connectivity index (χ4v) is 1.48. The summed E-state index contributed by atoms with van der Waals surface area (Å²) in [6.45, 7) is 4.48. The van der Waals surface area contributed by atoms with Gasteiger partial charge in [0, 0.05) is 5.92 Å². The summed E-state index contributed by atoms with van der Waals surface area (Å²) in [5.41, 5.74) is 4.47. The van der Waals surface area contributed by atoms with Crippen molar-refractivity contribution in [3.8, 4) is 0 Å². The summed E-state index contributed by atoms with van der Waals surface area (Å²) in [4.78, 5) is 0. The van der Waals surface area contributed by atoms with Gasteiger partial charge in [-0.3, -0.25) is 0 Å². The van der Waals surface area contributed by atoms with E-state index in [0.717, 1.165) is 0 Å². The topological polar surface area (TPSA) is 0 Å². The Hall–Kier alpha value is -0.780. The number of hydrogen-bond acceptors (Lipinski definition) is 0. The Balaban J connectivity index is 2.56. The van der Waals surface area contributed by atoms with Crippen molar-refractivity contribution in [3.05, 3.63) is 34.9 Å². The van der Waals surface area contributed by atoms with Crippen LogP contribution in [-0.2, 0) is 0 Å². The van der Waals surface area contributed by atoms with Gasteiger partial charge < -0.3 is 0 Å². The lowest BCUT2D eigenvalue weighted by atomic mass is 9.95. The Bertz CT molecular complexity index is 239. The molecule has 0 amide bonds. The van der Waals surface area contributed by atoms with Gasteiger partial charge in [0.2, 0.25) is 0 Å². The summed E-state index contributed by atoms with van der Waals surface area (Å²) >= 11 is 0. The molecule has 0 radical (unpaired) electrons. The van der Waals surface area contributed by atoms with Crippen molar-refractivity contribution in [2.45, 2.75) is 13.8 Å². The van der Waals surface area contributed by atoms with E-state index in [1.807, 2.05) is 0 Å². The molecule has 0 heteroatoms. The second kappa shape index (κ2) is 1.38. The van der Waals surface area contributed by atoms with Crippen LogP contribution in [0.2, 0.25) is 0 Å². The summed E-state index contributed by atoms with van der Waals surface area (Å²) in [6.07, 6.45) is 6.69. The van der Waals surface area contributed by atoms with Crippen molar-refractivity contribution >= 4 is 0 Å². The summed E-state index contributed by atoms with van der Waals surface area (Å²) in [5, 5.41) is 0. The van der Waals surface area contributed by atoms with Crippen LogP contribution in [0.15, 0.2) is 34.9 Å². The quantitative estimate of drug-likeness (QED) is 0.458. The van der Waals surface area contributed by atoms with Gasteiger partial charge in [-0.15, -0.1) is 0 Å². The average molecular weight is 118 g/mol. The fourth-order valence-electron chi connectivity index (χ4n) is 1.48. The van der Waals surface area contributed by atoms with Crippen LogP contribution in [0.1, 0.15) is 13.8 Å². The van der Waals surface area contributed by atoms with Crippen molar-refractivity contribution in [2.24, 2.45) is 5.92 Å². The van der Waals surface area contributed by atoms with Crippen LogP contribution < -0.4 is 0 Å². The average Bonchev–Trinajstić information content (AvgIpc) is 2.37. The van der Waals surface area contributed by atoms with Gasteiger partial charge >= 0.3 is 0 Å². The molecular weight excluding hydrogens is 108 g/mol. The van der Waals surface area contributed by atoms with Crippen LogP contribution >= 0.6 is 0 Å². The Morgan fingerprint density at radius 2 is 2.11 bits per heavy atom. The van der Waals surface area contributed by atoms with E-state index < -0.39 is 0 Å². The predicted octanol–water partition coefficient (Wildman–Crippen LogP) is 2.45. The smallest absolute Gasteiger partial charge is 0.00262 e. The second-order valence-electron chi connectivity index (χ2n) is 2.84. The molecule has 1 atom stereocenters. The van der Waals surface area contributed by atoms with Gasteiger partial charge in [-0.25, -0.2) is 0 Å². The summed E-state index contributed by atoms with van der Waals surface area (Å²) in [6, 6.07) is 0. The van der Waals surface area contributed by atoms with E-state index in [4.69, 9.17) is 0 Å². The maximum atomic E-state index is 2.28. The van der Waals surface area contributed by atoms with Crippen LogP contribution in [0.3, 0.4) is 0 Å².